The van der Waals surface area contributed by atoms with Crippen molar-refractivity contribution >= 4 is 11.7 Å². The molecule has 2 rings (SSSR count). The Balaban J connectivity index is 2.09. The summed E-state index contributed by atoms with van der Waals surface area (Å²) in [4.78, 5) is 13.4. The highest BCUT2D eigenvalue weighted by Crippen LogP contribution is 2.21. The van der Waals surface area contributed by atoms with Gasteiger partial charge in [-0.05, 0) is 24.6 Å². The van der Waals surface area contributed by atoms with Crippen molar-refractivity contribution in [3.8, 4) is 0 Å². The zero-order valence-corrected chi connectivity index (χ0v) is 11.0. The maximum Gasteiger partial charge on any atom is 0.322 e. The standard InChI is InChI=1S/C13H14F2N4O/c1-8(9-3-4-11(14)12(15)5-9)19(2)13(20)18-10-6-16-17-7-10/h3-8H,1-2H3,(H,16,17)(H,18,20). The maximum absolute atomic E-state index is 13.2. The van der Waals surface area contributed by atoms with E-state index in [1.54, 1.807) is 14.0 Å². The Morgan fingerprint density at radius 3 is 2.75 bits per heavy atom. The largest absolute Gasteiger partial charge is 0.322 e. The van der Waals surface area contributed by atoms with E-state index in [-0.39, 0.29) is 6.03 Å². The van der Waals surface area contributed by atoms with Gasteiger partial charge in [0.25, 0.3) is 0 Å². The molecule has 1 atom stereocenters. The van der Waals surface area contributed by atoms with Gasteiger partial charge in [-0.1, -0.05) is 6.07 Å². The summed E-state index contributed by atoms with van der Waals surface area (Å²) in [6.45, 7) is 1.72. The fourth-order valence-electron chi connectivity index (χ4n) is 1.70. The minimum atomic E-state index is -0.932. The normalized spacial score (nSPS) is 12.0. The number of carbonyl (C=O) groups excluding carboxylic acids is 1. The van der Waals surface area contributed by atoms with Gasteiger partial charge in [-0.15, -0.1) is 0 Å². The van der Waals surface area contributed by atoms with E-state index in [0.29, 0.717) is 11.3 Å². The molecule has 0 bridgehead atoms. The van der Waals surface area contributed by atoms with Gasteiger partial charge in [0.1, 0.15) is 0 Å². The molecule has 0 fully saturated rings. The number of halogens is 2. The Kier molecular flexibility index (Phi) is 3.97. The van der Waals surface area contributed by atoms with Gasteiger partial charge in [-0.2, -0.15) is 5.10 Å². The molecular weight excluding hydrogens is 266 g/mol. The second kappa shape index (κ2) is 5.68. The van der Waals surface area contributed by atoms with Crippen LogP contribution in [0.1, 0.15) is 18.5 Å². The van der Waals surface area contributed by atoms with Crippen LogP contribution in [0.3, 0.4) is 0 Å². The molecule has 106 valence electrons. The lowest BCUT2D eigenvalue weighted by atomic mass is 10.1. The molecule has 5 nitrogen and oxygen atoms in total. The fraction of sp³-hybridized carbons (Fsp3) is 0.231. The molecule has 0 saturated carbocycles. The molecule has 1 aromatic heterocycles. The smallest absolute Gasteiger partial charge is 0.321 e. The van der Waals surface area contributed by atoms with E-state index < -0.39 is 17.7 Å². The van der Waals surface area contributed by atoms with Gasteiger partial charge in [-0.3, -0.25) is 5.10 Å². The van der Waals surface area contributed by atoms with E-state index in [2.05, 4.69) is 15.5 Å². The van der Waals surface area contributed by atoms with Crippen LogP contribution in [0.15, 0.2) is 30.6 Å². The lowest BCUT2D eigenvalue weighted by Crippen LogP contribution is -2.33. The number of benzene rings is 1. The Labute approximate surface area is 114 Å². The molecule has 0 aliphatic carbocycles. The van der Waals surface area contributed by atoms with Crippen LogP contribution >= 0.6 is 0 Å². The van der Waals surface area contributed by atoms with Gasteiger partial charge in [-0.25, -0.2) is 13.6 Å². The van der Waals surface area contributed by atoms with Crippen LogP contribution in [0, 0.1) is 11.6 Å². The van der Waals surface area contributed by atoms with E-state index >= 15 is 0 Å². The lowest BCUT2D eigenvalue weighted by Gasteiger charge is -2.25. The molecule has 1 aromatic carbocycles. The zero-order valence-electron chi connectivity index (χ0n) is 11.0. The van der Waals surface area contributed by atoms with Gasteiger partial charge in [0, 0.05) is 13.2 Å². The van der Waals surface area contributed by atoms with Crippen molar-refractivity contribution in [3.05, 3.63) is 47.8 Å². The monoisotopic (exact) mass is 280 g/mol. The predicted octanol–water partition coefficient (Wildman–Crippen LogP) is 2.91. The molecule has 2 N–H and O–H groups in total. The van der Waals surface area contributed by atoms with E-state index in [4.69, 9.17) is 0 Å². The summed E-state index contributed by atoms with van der Waals surface area (Å²) < 4.78 is 26.1. The van der Waals surface area contributed by atoms with Gasteiger partial charge in [0.15, 0.2) is 11.6 Å². The molecule has 1 unspecified atom stereocenters. The molecular formula is C13H14F2N4O. The number of aromatic nitrogens is 2. The number of hydrogen-bond donors (Lipinski definition) is 2. The Bertz CT molecular complexity index is 600. The first-order valence-electron chi connectivity index (χ1n) is 5.96. The molecule has 7 heteroatoms. The highest BCUT2D eigenvalue weighted by Gasteiger charge is 2.18. The number of amides is 2. The Hall–Kier alpha value is -2.44. The molecule has 0 radical (unpaired) electrons. The topological polar surface area (TPSA) is 61.0 Å². The second-order valence-corrected chi connectivity index (χ2v) is 4.38. The van der Waals surface area contributed by atoms with Crippen LogP contribution in [0.2, 0.25) is 0 Å². The van der Waals surface area contributed by atoms with Crippen molar-refractivity contribution in [1.82, 2.24) is 15.1 Å². The molecule has 0 aliphatic heterocycles. The number of aromatic amines is 1. The van der Waals surface area contributed by atoms with E-state index in [9.17, 15) is 13.6 Å². The summed E-state index contributed by atoms with van der Waals surface area (Å²) in [7, 11) is 1.57. The molecule has 0 saturated heterocycles. The first-order chi connectivity index (χ1) is 9.49. The number of rotatable bonds is 3. The van der Waals surface area contributed by atoms with Crippen LogP contribution in [-0.2, 0) is 0 Å². The Morgan fingerprint density at radius 1 is 1.40 bits per heavy atom. The average Bonchev–Trinajstić information content (AvgIpc) is 2.93. The van der Waals surface area contributed by atoms with E-state index in [0.717, 1.165) is 12.1 Å². The van der Waals surface area contributed by atoms with Gasteiger partial charge in [0.05, 0.1) is 17.9 Å². The van der Waals surface area contributed by atoms with Crippen LogP contribution < -0.4 is 5.32 Å². The Morgan fingerprint density at radius 2 is 2.15 bits per heavy atom. The van der Waals surface area contributed by atoms with Gasteiger partial charge < -0.3 is 10.2 Å². The summed E-state index contributed by atoms with van der Waals surface area (Å²) >= 11 is 0. The van der Waals surface area contributed by atoms with Crippen molar-refractivity contribution in [2.24, 2.45) is 0 Å². The third-order valence-corrected chi connectivity index (χ3v) is 3.08. The highest BCUT2D eigenvalue weighted by molar-refractivity contribution is 5.89. The molecule has 0 spiro atoms. The van der Waals surface area contributed by atoms with Gasteiger partial charge >= 0.3 is 6.03 Å². The number of carbonyl (C=O) groups is 1. The highest BCUT2D eigenvalue weighted by atomic mass is 19.2. The molecule has 2 aromatic rings. The molecule has 2 amide bonds. The quantitative estimate of drug-likeness (QED) is 0.908. The van der Waals surface area contributed by atoms with Gasteiger partial charge in [0.2, 0.25) is 0 Å². The fourth-order valence-corrected chi connectivity index (χ4v) is 1.70. The van der Waals surface area contributed by atoms with Crippen molar-refractivity contribution in [1.29, 1.82) is 0 Å². The maximum atomic E-state index is 13.2. The average molecular weight is 280 g/mol. The van der Waals surface area contributed by atoms with Crippen molar-refractivity contribution in [2.45, 2.75) is 13.0 Å². The first-order valence-corrected chi connectivity index (χ1v) is 5.96. The molecule has 1 heterocycles. The van der Waals surface area contributed by atoms with Crippen LogP contribution in [-0.4, -0.2) is 28.2 Å². The molecule has 0 aliphatic rings. The minimum absolute atomic E-state index is 0.372. The van der Waals surface area contributed by atoms with Crippen molar-refractivity contribution < 1.29 is 13.6 Å². The summed E-state index contributed by atoms with van der Waals surface area (Å²) in [6.07, 6.45) is 3.00. The molecule has 20 heavy (non-hydrogen) atoms. The summed E-state index contributed by atoms with van der Waals surface area (Å²) in [5, 5.41) is 8.91. The van der Waals surface area contributed by atoms with Crippen LogP contribution in [0.5, 0.6) is 0 Å². The number of hydrogen-bond acceptors (Lipinski definition) is 2. The minimum Gasteiger partial charge on any atom is -0.321 e. The number of H-pyrrole nitrogens is 1. The third kappa shape index (κ3) is 2.93. The second-order valence-electron chi connectivity index (χ2n) is 4.38. The lowest BCUT2D eigenvalue weighted by molar-refractivity contribution is 0.208. The van der Waals surface area contributed by atoms with Crippen LogP contribution in [0.4, 0.5) is 19.3 Å². The van der Waals surface area contributed by atoms with E-state index in [1.165, 1.54) is 23.4 Å². The van der Waals surface area contributed by atoms with Crippen molar-refractivity contribution in [3.63, 3.8) is 0 Å². The number of nitrogens with one attached hydrogen (secondary N) is 2. The summed E-state index contributed by atoms with van der Waals surface area (Å²) in [5.74, 6) is -1.84. The zero-order chi connectivity index (χ0) is 14.7. The first kappa shape index (κ1) is 14.0. The number of anilines is 1. The SMILES string of the molecule is CC(c1ccc(F)c(F)c1)N(C)C(=O)Nc1cn[nH]c1. The predicted molar refractivity (Wildman–Crippen MR) is 70.1 cm³/mol. The summed E-state index contributed by atoms with van der Waals surface area (Å²) in [5.41, 5.74) is 1.04. The number of nitrogens with zero attached hydrogens (tertiary/aromatic N) is 2. The number of urea groups is 1. The van der Waals surface area contributed by atoms with E-state index in [1.807, 2.05) is 0 Å². The van der Waals surface area contributed by atoms with Crippen LogP contribution in [0.25, 0.3) is 0 Å². The van der Waals surface area contributed by atoms with Crippen molar-refractivity contribution in [2.75, 3.05) is 12.4 Å². The summed E-state index contributed by atoms with van der Waals surface area (Å²) in [6, 6.07) is 2.80. The third-order valence-electron chi connectivity index (χ3n) is 3.08.